The molecule has 0 saturated heterocycles. The first-order valence-electron chi connectivity index (χ1n) is 6.07. The first kappa shape index (κ1) is 17.1. The Morgan fingerprint density at radius 2 is 2.10 bits per heavy atom. The molecule has 7 heteroatoms. The highest BCUT2D eigenvalue weighted by atomic mass is 32.2. The highest BCUT2D eigenvalue weighted by Gasteiger charge is 2.17. The summed E-state index contributed by atoms with van der Waals surface area (Å²) < 4.78 is 35.4. The van der Waals surface area contributed by atoms with Gasteiger partial charge in [-0.25, -0.2) is 12.8 Å². The molecule has 0 atom stereocenters. The molecule has 0 aromatic heterocycles. The zero-order valence-corrected chi connectivity index (χ0v) is 12.6. The molecule has 0 saturated carbocycles. The lowest BCUT2D eigenvalue weighted by atomic mass is 10.1. The second kappa shape index (κ2) is 7.20. The van der Waals surface area contributed by atoms with E-state index in [0.717, 1.165) is 18.4 Å². The third-order valence-electron chi connectivity index (χ3n) is 2.66. The largest absolute Gasteiger partial charge is 0.384 e. The van der Waals surface area contributed by atoms with E-state index in [2.05, 4.69) is 11.8 Å². The zero-order valence-electron chi connectivity index (χ0n) is 11.8. The number of carbonyl (C=O) groups is 1. The number of benzene rings is 1. The van der Waals surface area contributed by atoms with Crippen LogP contribution in [-0.2, 0) is 9.84 Å². The topological polar surface area (TPSA) is 74.7 Å². The Morgan fingerprint density at radius 3 is 2.67 bits per heavy atom. The SMILES string of the molecule is CN(CCS(C)(=O)=O)C(=O)c1ccc(F)cc1C#CCO. The molecular formula is C14H16FNO4S. The number of hydrogen-bond acceptors (Lipinski definition) is 4. The molecule has 0 aliphatic carbocycles. The lowest BCUT2D eigenvalue weighted by molar-refractivity contribution is 0.0803. The van der Waals surface area contributed by atoms with Crippen molar-refractivity contribution < 1.29 is 22.7 Å². The second-order valence-electron chi connectivity index (χ2n) is 4.51. The van der Waals surface area contributed by atoms with Gasteiger partial charge in [-0.05, 0) is 18.2 Å². The van der Waals surface area contributed by atoms with Gasteiger partial charge >= 0.3 is 0 Å². The number of rotatable bonds is 4. The molecule has 0 spiro atoms. The molecule has 1 aromatic carbocycles. The van der Waals surface area contributed by atoms with Gasteiger partial charge < -0.3 is 10.0 Å². The van der Waals surface area contributed by atoms with Gasteiger partial charge in [0.05, 0.1) is 11.3 Å². The first-order valence-corrected chi connectivity index (χ1v) is 8.13. The van der Waals surface area contributed by atoms with E-state index >= 15 is 0 Å². The minimum absolute atomic E-state index is 0.0297. The predicted octanol–water partition coefficient (Wildman–Crippen LogP) is 0.286. The molecule has 0 fully saturated rings. The molecule has 0 bridgehead atoms. The van der Waals surface area contributed by atoms with E-state index < -0.39 is 28.2 Å². The number of aliphatic hydroxyl groups is 1. The van der Waals surface area contributed by atoms with E-state index in [0.29, 0.717) is 0 Å². The fraction of sp³-hybridized carbons (Fsp3) is 0.357. The van der Waals surface area contributed by atoms with Gasteiger partial charge in [0.1, 0.15) is 22.3 Å². The predicted molar refractivity (Wildman–Crippen MR) is 77.0 cm³/mol. The van der Waals surface area contributed by atoms with Gasteiger partial charge in [-0.15, -0.1) is 0 Å². The van der Waals surface area contributed by atoms with Crippen molar-refractivity contribution in [2.75, 3.05) is 32.2 Å². The smallest absolute Gasteiger partial charge is 0.254 e. The molecule has 114 valence electrons. The van der Waals surface area contributed by atoms with Crippen LogP contribution in [0.15, 0.2) is 18.2 Å². The molecule has 0 heterocycles. The van der Waals surface area contributed by atoms with Crippen molar-refractivity contribution >= 4 is 15.7 Å². The lowest BCUT2D eigenvalue weighted by Crippen LogP contribution is -2.31. The number of amides is 1. The number of hydrogen-bond donors (Lipinski definition) is 1. The molecule has 1 amide bonds. The summed E-state index contributed by atoms with van der Waals surface area (Å²) in [5.74, 6) is 3.70. The Balaban J connectivity index is 3.01. The summed E-state index contributed by atoms with van der Waals surface area (Å²) in [6, 6.07) is 3.51. The zero-order chi connectivity index (χ0) is 16.0. The van der Waals surface area contributed by atoms with Crippen molar-refractivity contribution in [3.63, 3.8) is 0 Å². The molecule has 1 aromatic rings. The highest BCUT2D eigenvalue weighted by Crippen LogP contribution is 2.12. The Morgan fingerprint density at radius 1 is 1.43 bits per heavy atom. The van der Waals surface area contributed by atoms with Gasteiger partial charge in [0.25, 0.3) is 5.91 Å². The maximum Gasteiger partial charge on any atom is 0.254 e. The lowest BCUT2D eigenvalue weighted by Gasteiger charge is -2.17. The summed E-state index contributed by atoms with van der Waals surface area (Å²) >= 11 is 0. The fourth-order valence-corrected chi connectivity index (χ4v) is 2.16. The van der Waals surface area contributed by atoms with Gasteiger partial charge in [0, 0.05) is 25.4 Å². The summed E-state index contributed by atoms with van der Waals surface area (Å²) in [7, 11) is -1.72. The van der Waals surface area contributed by atoms with E-state index in [1.54, 1.807) is 0 Å². The van der Waals surface area contributed by atoms with Crippen LogP contribution >= 0.6 is 0 Å². The first-order chi connectivity index (χ1) is 9.74. The molecule has 5 nitrogen and oxygen atoms in total. The van der Waals surface area contributed by atoms with Crippen molar-refractivity contribution in [2.24, 2.45) is 0 Å². The maximum absolute atomic E-state index is 13.2. The molecule has 21 heavy (non-hydrogen) atoms. The number of sulfone groups is 1. The van der Waals surface area contributed by atoms with Crippen molar-refractivity contribution in [3.05, 3.63) is 35.1 Å². The number of nitrogens with zero attached hydrogens (tertiary/aromatic N) is 1. The van der Waals surface area contributed by atoms with Crippen LogP contribution < -0.4 is 0 Å². The Bertz CT molecular complexity index is 689. The quantitative estimate of drug-likeness (QED) is 0.811. The van der Waals surface area contributed by atoms with E-state index in [4.69, 9.17) is 5.11 Å². The monoisotopic (exact) mass is 313 g/mol. The van der Waals surface area contributed by atoms with Crippen molar-refractivity contribution in [2.45, 2.75) is 0 Å². The van der Waals surface area contributed by atoms with Crippen LogP contribution in [-0.4, -0.2) is 56.5 Å². The van der Waals surface area contributed by atoms with Crippen LogP contribution in [0.2, 0.25) is 0 Å². The summed E-state index contributed by atoms with van der Waals surface area (Å²) in [6.07, 6.45) is 1.08. The number of aliphatic hydroxyl groups excluding tert-OH is 1. The normalized spacial score (nSPS) is 10.7. The Hall–Kier alpha value is -1.91. The summed E-state index contributed by atoms with van der Waals surface area (Å²) in [4.78, 5) is 13.5. The van der Waals surface area contributed by atoms with Gasteiger partial charge in [-0.2, -0.15) is 0 Å². The average Bonchev–Trinajstić information content (AvgIpc) is 2.41. The van der Waals surface area contributed by atoms with E-state index in [1.165, 1.54) is 18.0 Å². The van der Waals surface area contributed by atoms with Crippen LogP contribution in [0.1, 0.15) is 15.9 Å². The fourth-order valence-electron chi connectivity index (χ4n) is 1.55. The summed E-state index contributed by atoms with van der Waals surface area (Å²) in [5.41, 5.74) is 0.314. The molecule has 0 radical (unpaired) electrons. The van der Waals surface area contributed by atoms with Crippen LogP contribution in [0, 0.1) is 17.7 Å². The highest BCUT2D eigenvalue weighted by molar-refractivity contribution is 7.90. The Labute approximate surface area is 123 Å². The van der Waals surface area contributed by atoms with Gasteiger partial charge in [-0.3, -0.25) is 4.79 Å². The van der Waals surface area contributed by atoms with Crippen molar-refractivity contribution in [1.82, 2.24) is 4.90 Å². The van der Waals surface area contributed by atoms with Gasteiger partial charge in [0.15, 0.2) is 0 Å². The van der Waals surface area contributed by atoms with Crippen LogP contribution in [0.3, 0.4) is 0 Å². The summed E-state index contributed by atoms with van der Waals surface area (Å²) in [6.45, 7) is -0.379. The minimum atomic E-state index is -3.18. The van der Waals surface area contributed by atoms with Crippen LogP contribution in [0.4, 0.5) is 4.39 Å². The number of carbonyl (C=O) groups excluding carboxylic acids is 1. The standard InChI is InChI=1S/C14H16FNO4S/c1-16(7-9-21(2,19)20)14(18)13-6-5-12(15)10-11(13)4-3-8-17/h5-6,10,17H,7-9H2,1-2H3. The molecular weight excluding hydrogens is 297 g/mol. The third kappa shape index (κ3) is 5.53. The number of halogens is 1. The van der Waals surface area contributed by atoms with Crippen LogP contribution in [0.25, 0.3) is 0 Å². The molecule has 1 N–H and O–H groups in total. The third-order valence-corrected chi connectivity index (χ3v) is 3.58. The second-order valence-corrected chi connectivity index (χ2v) is 6.77. The van der Waals surface area contributed by atoms with E-state index in [9.17, 15) is 17.6 Å². The Kier molecular flexibility index (Phi) is 5.88. The van der Waals surface area contributed by atoms with Crippen molar-refractivity contribution in [1.29, 1.82) is 0 Å². The van der Waals surface area contributed by atoms with E-state index in [-0.39, 0.29) is 23.4 Å². The molecule has 0 unspecified atom stereocenters. The van der Waals surface area contributed by atoms with Gasteiger partial charge in [-0.1, -0.05) is 11.8 Å². The minimum Gasteiger partial charge on any atom is -0.384 e. The maximum atomic E-state index is 13.2. The molecule has 0 aliphatic rings. The summed E-state index contributed by atoms with van der Waals surface area (Å²) in [5, 5.41) is 8.68. The molecule has 1 rings (SSSR count). The average molecular weight is 313 g/mol. The molecule has 0 aliphatic heterocycles. The van der Waals surface area contributed by atoms with E-state index in [1.807, 2.05) is 0 Å². The van der Waals surface area contributed by atoms with Crippen molar-refractivity contribution in [3.8, 4) is 11.8 Å². The van der Waals surface area contributed by atoms with Crippen LogP contribution in [0.5, 0.6) is 0 Å². The van der Waals surface area contributed by atoms with Gasteiger partial charge in [0.2, 0.25) is 0 Å².